The minimum atomic E-state index is -4.25. The van der Waals surface area contributed by atoms with Crippen molar-refractivity contribution in [3.05, 3.63) is 131 Å². The molecular formula is C35H37ClFN3O4S. The lowest BCUT2D eigenvalue weighted by Crippen LogP contribution is -2.53. The molecule has 10 heteroatoms. The molecular weight excluding hydrogens is 613 g/mol. The number of hydrogen-bond donors (Lipinski definition) is 1. The van der Waals surface area contributed by atoms with Crippen LogP contribution in [0.4, 0.5) is 10.1 Å². The van der Waals surface area contributed by atoms with Gasteiger partial charge in [0, 0.05) is 24.5 Å². The summed E-state index contributed by atoms with van der Waals surface area (Å²) in [6, 6.07) is 26.6. The lowest BCUT2D eigenvalue weighted by atomic mass is 10.0. The van der Waals surface area contributed by atoms with E-state index in [1.165, 1.54) is 41.3 Å². The highest BCUT2D eigenvalue weighted by atomic mass is 35.5. The molecule has 45 heavy (non-hydrogen) atoms. The Morgan fingerprint density at radius 3 is 2.16 bits per heavy atom. The van der Waals surface area contributed by atoms with E-state index in [9.17, 15) is 22.4 Å². The largest absolute Gasteiger partial charge is 0.354 e. The number of carbonyl (C=O) groups excluding carboxylic acids is 2. The third-order valence-electron chi connectivity index (χ3n) is 7.43. The summed E-state index contributed by atoms with van der Waals surface area (Å²) in [5, 5.41) is 3.32. The minimum absolute atomic E-state index is 0.0359. The third-order valence-corrected chi connectivity index (χ3v) is 9.46. The number of aryl methyl sites for hydroxylation is 1. The second-order valence-electron chi connectivity index (χ2n) is 10.8. The van der Waals surface area contributed by atoms with E-state index in [0.717, 1.165) is 22.7 Å². The van der Waals surface area contributed by atoms with Crippen LogP contribution >= 0.6 is 11.6 Å². The van der Waals surface area contributed by atoms with Gasteiger partial charge in [0.15, 0.2) is 0 Å². The van der Waals surface area contributed by atoms with Crippen molar-refractivity contribution in [2.45, 2.75) is 50.6 Å². The van der Waals surface area contributed by atoms with Gasteiger partial charge in [-0.2, -0.15) is 0 Å². The second kappa shape index (κ2) is 15.7. The first-order chi connectivity index (χ1) is 21.6. The molecule has 0 bridgehead atoms. The molecule has 0 aliphatic carbocycles. The Kier molecular flexibility index (Phi) is 11.7. The van der Waals surface area contributed by atoms with Crippen LogP contribution in [-0.4, -0.2) is 44.3 Å². The summed E-state index contributed by atoms with van der Waals surface area (Å²) in [6.07, 6.45) is 1.83. The smallest absolute Gasteiger partial charge is 0.264 e. The second-order valence-corrected chi connectivity index (χ2v) is 13.0. The van der Waals surface area contributed by atoms with Gasteiger partial charge in [-0.25, -0.2) is 12.8 Å². The van der Waals surface area contributed by atoms with Gasteiger partial charge < -0.3 is 10.2 Å². The van der Waals surface area contributed by atoms with Crippen LogP contribution in [0.3, 0.4) is 0 Å². The van der Waals surface area contributed by atoms with Crippen LogP contribution in [0.25, 0.3) is 0 Å². The molecule has 4 aromatic carbocycles. The number of sulfonamides is 1. The summed E-state index contributed by atoms with van der Waals surface area (Å²) in [6.45, 7) is 3.59. The Morgan fingerprint density at radius 2 is 1.51 bits per heavy atom. The Bertz CT molecular complexity index is 1680. The van der Waals surface area contributed by atoms with Crippen LogP contribution in [0, 0.1) is 12.7 Å². The molecule has 0 fully saturated rings. The maximum absolute atomic E-state index is 14.5. The van der Waals surface area contributed by atoms with Gasteiger partial charge in [-0.1, -0.05) is 85.6 Å². The summed E-state index contributed by atoms with van der Waals surface area (Å²) < 4.78 is 43.1. The number of halogens is 2. The van der Waals surface area contributed by atoms with Crippen LogP contribution in [0.2, 0.25) is 5.02 Å². The zero-order valence-electron chi connectivity index (χ0n) is 25.3. The molecule has 0 spiro atoms. The molecule has 2 amide bonds. The summed E-state index contributed by atoms with van der Waals surface area (Å²) in [5.74, 6) is -1.38. The molecule has 0 unspecified atom stereocenters. The molecule has 0 saturated heterocycles. The molecule has 1 atom stereocenters. The number of nitrogens with one attached hydrogen (secondary N) is 1. The fourth-order valence-corrected chi connectivity index (χ4v) is 6.54. The molecule has 0 heterocycles. The summed E-state index contributed by atoms with van der Waals surface area (Å²) in [4.78, 5) is 29.6. The first-order valence-electron chi connectivity index (χ1n) is 14.8. The van der Waals surface area contributed by atoms with Crippen molar-refractivity contribution in [1.29, 1.82) is 0 Å². The van der Waals surface area contributed by atoms with Crippen molar-refractivity contribution < 1.29 is 22.4 Å². The van der Waals surface area contributed by atoms with Crippen LogP contribution in [0.5, 0.6) is 0 Å². The van der Waals surface area contributed by atoms with E-state index in [4.69, 9.17) is 11.6 Å². The van der Waals surface area contributed by atoms with Crippen molar-refractivity contribution in [2.75, 3.05) is 17.4 Å². The molecule has 4 rings (SSSR count). The molecule has 0 aliphatic heterocycles. The fourth-order valence-electron chi connectivity index (χ4n) is 4.94. The quantitative estimate of drug-likeness (QED) is 0.157. The predicted octanol–water partition coefficient (Wildman–Crippen LogP) is 6.54. The standard InChI is InChI=1S/C35H37ClFN3O4S/c1-3-4-22-38-35(42)33(23-27-11-6-5-7-12-27)39(24-28-14-18-30(37)19-15-28)34(41)25-40(32-13-9-8-10-26(32)2)45(43,44)31-20-16-29(36)17-21-31/h5-21,33H,3-4,22-25H2,1-2H3,(H,38,42)/t33-/m0/s1. The lowest BCUT2D eigenvalue weighted by molar-refractivity contribution is -0.140. The summed E-state index contributed by atoms with van der Waals surface area (Å²) in [5.41, 5.74) is 2.39. The van der Waals surface area contributed by atoms with Gasteiger partial charge in [-0.15, -0.1) is 0 Å². The fraction of sp³-hybridized carbons (Fsp3) is 0.257. The predicted molar refractivity (Wildman–Crippen MR) is 176 cm³/mol. The Hall–Kier alpha value is -4.21. The van der Waals surface area contributed by atoms with E-state index in [0.29, 0.717) is 28.4 Å². The molecule has 0 radical (unpaired) electrons. The summed E-state index contributed by atoms with van der Waals surface area (Å²) in [7, 11) is -4.25. The van der Waals surface area contributed by atoms with Crippen LogP contribution in [-0.2, 0) is 32.6 Å². The molecule has 0 aliphatic rings. The highest BCUT2D eigenvalue weighted by Crippen LogP contribution is 2.28. The van der Waals surface area contributed by atoms with E-state index in [1.54, 1.807) is 43.3 Å². The number of amides is 2. The van der Waals surface area contributed by atoms with Crippen molar-refractivity contribution in [3.8, 4) is 0 Å². The van der Waals surface area contributed by atoms with E-state index < -0.39 is 34.3 Å². The van der Waals surface area contributed by atoms with Crippen LogP contribution in [0.15, 0.2) is 108 Å². The van der Waals surface area contributed by atoms with Crippen molar-refractivity contribution in [1.82, 2.24) is 10.2 Å². The Balaban J connectivity index is 1.79. The topological polar surface area (TPSA) is 86.8 Å². The molecule has 236 valence electrons. The van der Waals surface area contributed by atoms with Gasteiger partial charge in [-0.05, 0) is 72.5 Å². The normalized spacial score (nSPS) is 11.9. The van der Waals surface area contributed by atoms with Crippen molar-refractivity contribution in [2.24, 2.45) is 0 Å². The molecule has 0 saturated carbocycles. The SMILES string of the molecule is CCCCNC(=O)[C@H](Cc1ccccc1)N(Cc1ccc(F)cc1)C(=O)CN(c1ccccc1C)S(=O)(=O)c1ccc(Cl)cc1. The average Bonchev–Trinajstić information content (AvgIpc) is 3.03. The Morgan fingerprint density at radius 1 is 0.867 bits per heavy atom. The highest BCUT2D eigenvalue weighted by molar-refractivity contribution is 7.92. The van der Waals surface area contributed by atoms with Gasteiger partial charge in [-0.3, -0.25) is 13.9 Å². The number of hydrogen-bond acceptors (Lipinski definition) is 4. The molecule has 7 nitrogen and oxygen atoms in total. The van der Waals surface area contributed by atoms with E-state index in [-0.39, 0.29) is 23.8 Å². The highest BCUT2D eigenvalue weighted by Gasteiger charge is 2.35. The number of unbranched alkanes of at least 4 members (excludes halogenated alkanes) is 1. The van der Waals surface area contributed by atoms with Gasteiger partial charge in [0.2, 0.25) is 11.8 Å². The first-order valence-corrected chi connectivity index (χ1v) is 16.6. The number of rotatable bonds is 14. The Labute approximate surface area is 269 Å². The van der Waals surface area contributed by atoms with Gasteiger partial charge in [0.1, 0.15) is 18.4 Å². The zero-order valence-corrected chi connectivity index (χ0v) is 26.9. The van der Waals surface area contributed by atoms with Gasteiger partial charge in [0.05, 0.1) is 10.6 Å². The van der Waals surface area contributed by atoms with E-state index in [1.807, 2.05) is 37.3 Å². The number of anilines is 1. The molecule has 4 aromatic rings. The van der Waals surface area contributed by atoms with Crippen molar-refractivity contribution >= 4 is 39.1 Å². The monoisotopic (exact) mass is 649 g/mol. The van der Waals surface area contributed by atoms with Crippen LogP contribution < -0.4 is 9.62 Å². The van der Waals surface area contributed by atoms with E-state index >= 15 is 0 Å². The number of carbonyl (C=O) groups is 2. The number of benzene rings is 4. The molecule has 1 N–H and O–H groups in total. The number of para-hydroxylation sites is 1. The lowest BCUT2D eigenvalue weighted by Gasteiger charge is -2.34. The third kappa shape index (κ3) is 8.93. The van der Waals surface area contributed by atoms with Crippen LogP contribution in [0.1, 0.15) is 36.5 Å². The van der Waals surface area contributed by atoms with Gasteiger partial charge >= 0.3 is 0 Å². The summed E-state index contributed by atoms with van der Waals surface area (Å²) >= 11 is 6.04. The zero-order chi connectivity index (χ0) is 32.4. The average molecular weight is 650 g/mol. The van der Waals surface area contributed by atoms with Gasteiger partial charge in [0.25, 0.3) is 10.0 Å². The number of nitrogens with zero attached hydrogens (tertiary/aromatic N) is 2. The van der Waals surface area contributed by atoms with Crippen molar-refractivity contribution in [3.63, 3.8) is 0 Å². The minimum Gasteiger partial charge on any atom is -0.354 e. The molecule has 0 aromatic heterocycles. The maximum Gasteiger partial charge on any atom is 0.264 e. The first kappa shape index (κ1) is 33.7. The van der Waals surface area contributed by atoms with E-state index in [2.05, 4.69) is 5.32 Å². The maximum atomic E-state index is 14.5.